The Kier molecular flexibility index (Phi) is 4.97. The van der Waals surface area contributed by atoms with Crippen molar-refractivity contribution in [2.24, 2.45) is 0 Å². The number of aromatic nitrogens is 2. The summed E-state index contributed by atoms with van der Waals surface area (Å²) in [6.07, 6.45) is 2.55. The van der Waals surface area contributed by atoms with E-state index < -0.39 is 0 Å². The van der Waals surface area contributed by atoms with Gasteiger partial charge in [-0.2, -0.15) is 0 Å². The first kappa shape index (κ1) is 9.35. The van der Waals surface area contributed by atoms with E-state index in [9.17, 15) is 0 Å². The summed E-state index contributed by atoms with van der Waals surface area (Å²) in [5.74, 6) is 1.21. The summed E-state index contributed by atoms with van der Waals surface area (Å²) in [6.45, 7) is 2.20. The summed E-state index contributed by atoms with van der Waals surface area (Å²) in [5, 5.41) is 6.94. The fourth-order valence-corrected chi connectivity index (χ4v) is 3.26. The molecule has 0 saturated heterocycles. The first-order chi connectivity index (χ1) is 5.43. The molecule has 0 atom stereocenters. The predicted molar refractivity (Wildman–Crippen MR) is 53.1 cm³/mol. The highest BCUT2D eigenvalue weighted by Gasteiger charge is 1.96. The molecule has 11 heavy (non-hydrogen) atoms. The van der Waals surface area contributed by atoms with Gasteiger partial charge in [-0.1, -0.05) is 28.6 Å². The van der Waals surface area contributed by atoms with E-state index in [-0.39, 0.29) is 0 Å². The van der Waals surface area contributed by atoms with Crippen molar-refractivity contribution in [1.82, 2.24) is 9.59 Å². The second kappa shape index (κ2) is 5.85. The van der Waals surface area contributed by atoms with E-state index in [1.165, 1.54) is 30.1 Å². The van der Waals surface area contributed by atoms with E-state index >= 15 is 0 Å². The zero-order valence-electron chi connectivity index (χ0n) is 6.32. The van der Waals surface area contributed by atoms with Gasteiger partial charge in [0.05, 0.1) is 0 Å². The Bertz CT molecular complexity index is 176. The van der Waals surface area contributed by atoms with Crippen molar-refractivity contribution in [2.45, 2.75) is 24.8 Å². The SMILES string of the molecule is CCCCSSc1csnn1. The molecule has 2 nitrogen and oxygen atoms in total. The third-order valence-corrected chi connectivity index (χ3v) is 4.03. The smallest absolute Gasteiger partial charge is 0.131 e. The maximum absolute atomic E-state index is 3.92. The lowest BCUT2D eigenvalue weighted by molar-refractivity contribution is 0.898. The van der Waals surface area contributed by atoms with Crippen molar-refractivity contribution in [2.75, 3.05) is 5.75 Å². The zero-order chi connectivity index (χ0) is 7.94. The van der Waals surface area contributed by atoms with Gasteiger partial charge >= 0.3 is 0 Å². The molecule has 0 fully saturated rings. The minimum absolute atomic E-state index is 1.04. The van der Waals surface area contributed by atoms with Crippen LogP contribution in [0.4, 0.5) is 0 Å². The van der Waals surface area contributed by atoms with Crippen molar-refractivity contribution in [3.8, 4) is 0 Å². The van der Waals surface area contributed by atoms with E-state index in [1.54, 1.807) is 10.8 Å². The Morgan fingerprint density at radius 2 is 2.55 bits per heavy atom. The normalized spacial score (nSPS) is 10.3. The standard InChI is InChI=1S/C6H10N2S3/c1-2-3-4-10-11-6-5-9-8-7-6/h5H,2-4H2,1H3. The topological polar surface area (TPSA) is 25.8 Å². The highest BCUT2D eigenvalue weighted by atomic mass is 33.1. The van der Waals surface area contributed by atoms with Crippen LogP contribution in [0.15, 0.2) is 10.4 Å². The van der Waals surface area contributed by atoms with E-state index in [1.807, 2.05) is 16.2 Å². The highest BCUT2D eigenvalue weighted by molar-refractivity contribution is 8.76. The van der Waals surface area contributed by atoms with Crippen LogP contribution in [-0.2, 0) is 0 Å². The Hall–Kier alpha value is 0.260. The summed E-state index contributed by atoms with van der Waals surface area (Å²) in [7, 11) is 3.58. The molecule has 0 N–H and O–H groups in total. The average molecular weight is 206 g/mol. The van der Waals surface area contributed by atoms with Crippen molar-refractivity contribution < 1.29 is 0 Å². The van der Waals surface area contributed by atoms with Crippen LogP contribution in [0, 0.1) is 0 Å². The third kappa shape index (κ3) is 3.98. The third-order valence-electron chi connectivity index (χ3n) is 1.07. The number of nitrogens with zero attached hydrogens (tertiary/aromatic N) is 2. The van der Waals surface area contributed by atoms with Gasteiger partial charge in [-0.3, -0.25) is 0 Å². The Morgan fingerprint density at radius 1 is 1.64 bits per heavy atom. The van der Waals surface area contributed by atoms with E-state index in [0.717, 1.165) is 5.03 Å². The van der Waals surface area contributed by atoms with Crippen LogP contribution < -0.4 is 0 Å². The van der Waals surface area contributed by atoms with Gasteiger partial charge in [-0.15, -0.1) is 5.10 Å². The van der Waals surface area contributed by atoms with Crippen molar-refractivity contribution in [3.63, 3.8) is 0 Å². The molecule has 0 aliphatic carbocycles. The van der Waals surface area contributed by atoms with E-state index in [2.05, 4.69) is 16.5 Å². The fourth-order valence-electron chi connectivity index (χ4n) is 0.498. The fraction of sp³-hybridized carbons (Fsp3) is 0.667. The van der Waals surface area contributed by atoms with Gasteiger partial charge in [0, 0.05) is 11.1 Å². The van der Waals surface area contributed by atoms with Crippen LogP contribution in [0.3, 0.4) is 0 Å². The monoisotopic (exact) mass is 206 g/mol. The van der Waals surface area contributed by atoms with Crippen LogP contribution in [0.2, 0.25) is 0 Å². The van der Waals surface area contributed by atoms with Gasteiger partial charge in [-0.25, -0.2) is 0 Å². The second-order valence-electron chi connectivity index (χ2n) is 2.00. The molecule has 0 aromatic carbocycles. The lowest BCUT2D eigenvalue weighted by Gasteiger charge is -1.93. The van der Waals surface area contributed by atoms with E-state index in [4.69, 9.17) is 0 Å². The van der Waals surface area contributed by atoms with Gasteiger partial charge in [0.15, 0.2) is 0 Å². The molecule has 62 valence electrons. The molecule has 1 rings (SSSR count). The zero-order valence-corrected chi connectivity index (χ0v) is 8.77. The van der Waals surface area contributed by atoms with Gasteiger partial charge < -0.3 is 0 Å². The molecular weight excluding hydrogens is 196 g/mol. The van der Waals surface area contributed by atoms with Crippen LogP contribution in [-0.4, -0.2) is 15.3 Å². The molecule has 0 aliphatic heterocycles. The maximum atomic E-state index is 3.92. The average Bonchev–Trinajstić information content (AvgIpc) is 2.50. The molecule has 5 heteroatoms. The molecule has 0 unspecified atom stereocenters. The van der Waals surface area contributed by atoms with Gasteiger partial charge in [0.1, 0.15) is 5.03 Å². The van der Waals surface area contributed by atoms with Crippen molar-refractivity contribution in [1.29, 1.82) is 0 Å². The Labute approximate surface area is 78.7 Å². The van der Waals surface area contributed by atoms with Gasteiger partial charge in [0.2, 0.25) is 0 Å². The first-order valence-electron chi connectivity index (χ1n) is 3.50. The second-order valence-corrected chi connectivity index (χ2v) is 5.05. The van der Waals surface area contributed by atoms with Crippen molar-refractivity contribution in [3.05, 3.63) is 5.38 Å². The van der Waals surface area contributed by atoms with Gasteiger partial charge in [0.25, 0.3) is 0 Å². The summed E-state index contributed by atoms with van der Waals surface area (Å²) >= 11 is 1.41. The van der Waals surface area contributed by atoms with E-state index in [0.29, 0.717) is 0 Å². The molecule has 0 spiro atoms. The lowest BCUT2D eigenvalue weighted by Crippen LogP contribution is -1.73. The number of rotatable bonds is 5. The number of hydrogen-bond acceptors (Lipinski definition) is 5. The lowest BCUT2D eigenvalue weighted by atomic mass is 10.4. The molecule has 0 saturated carbocycles. The van der Waals surface area contributed by atoms with Crippen LogP contribution in [0.25, 0.3) is 0 Å². The molecule has 0 amide bonds. The summed E-state index contributed by atoms with van der Waals surface area (Å²) < 4.78 is 3.78. The van der Waals surface area contributed by atoms with Crippen molar-refractivity contribution >= 4 is 33.1 Å². The van der Waals surface area contributed by atoms with Crippen LogP contribution in [0.1, 0.15) is 19.8 Å². The Morgan fingerprint density at radius 3 is 3.18 bits per heavy atom. The summed E-state index contributed by atoms with van der Waals surface area (Å²) in [4.78, 5) is 0. The molecule has 0 radical (unpaired) electrons. The molecule has 0 aliphatic rings. The number of hydrogen-bond donors (Lipinski definition) is 0. The molecule has 1 aromatic rings. The highest BCUT2D eigenvalue weighted by Crippen LogP contribution is 2.30. The molecule has 0 bridgehead atoms. The van der Waals surface area contributed by atoms with Crippen LogP contribution >= 0.6 is 33.1 Å². The first-order valence-corrected chi connectivity index (χ1v) is 6.65. The quantitative estimate of drug-likeness (QED) is 0.546. The van der Waals surface area contributed by atoms with Gasteiger partial charge in [-0.05, 0) is 28.7 Å². The number of unbranched alkanes of at least 4 members (excludes halogenated alkanes) is 1. The maximum Gasteiger partial charge on any atom is 0.142 e. The minimum atomic E-state index is 1.04. The summed E-state index contributed by atoms with van der Waals surface area (Å²) in [5.41, 5.74) is 0. The predicted octanol–water partition coefficient (Wildman–Crippen LogP) is 3.08. The Balaban J connectivity index is 2.04. The minimum Gasteiger partial charge on any atom is -0.131 e. The molecular formula is C6H10N2S3. The molecule has 1 aromatic heterocycles. The molecule has 1 heterocycles. The van der Waals surface area contributed by atoms with Crippen LogP contribution in [0.5, 0.6) is 0 Å². The largest absolute Gasteiger partial charge is 0.142 e. The summed E-state index contributed by atoms with van der Waals surface area (Å²) in [6, 6.07) is 0.